The number of benzene rings is 1. The Balaban J connectivity index is 1.49. The third kappa shape index (κ3) is 11.1. The van der Waals surface area contributed by atoms with E-state index < -0.39 is 0 Å². The van der Waals surface area contributed by atoms with Crippen LogP contribution in [0.15, 0.2) is 30.3 Å². The quantitative estimate of drug-likeness (QED) is 0.279. The molecule has 2 rings (SSSR count). The van der Waals surface area contributed by atoms with Gasteiger partial charge in [0, 0.05) is 32.4 Å². The first-order valence-corrected chi connectivity index (χ1v) is 13.1. The van der Waals surface area contributed by atoms with E-state index in [1.165, 1.54) is 6.92 Å². The molecule has 0 aromatic heterocycles. The van der Waals surface area contributed by atoms with Gasteiger partial charge in [-0.2, -0.15) is 0 Å². The van der Waals surface area contributed by atoms with Crippen LogP contribution >= 0.6 is 0 Å². The van der Waals surface area contributed by atoms with Crippen LogP contribution in [0.4, 0.5) is 0 Å². The summed E-state index contributed by atoms with van der Waals surface area (Å²) < 4.78 is 22.5. The lowest BCUT2D eigenvalue weighted by molar-refractivity contribution is -0.255. The zero-order valence-electron chi connectivity index (χ0n) is 22.2. The molecule has 8 nitrogen and oxygen atoms in total. The summed E-state index contributed by atoms with van der Waals surface area (Å²) in [5, 5.41) is 2.86. The van der Waals surface area contributed by atoms with Crippen molar-refractivity contribution in [2.75, 3.05) is 19.8 Å². The van der Waals surface area contributed by atoms with Gasteiger partial charge < -0.3 is 24.3 Å². The predicted octanol–water partition coefficient (Wildman–Crippen LogP) is 4.40. The first kappa shape index (κ1) is 29.8. The topological polar surface area (TPSA) is 100 Å². The van der Waals surface area contributed by atoms with E-state index in [0.29, 0.717) is 19.1 Å². The number of nitrogens with one attached hydrogen (secondary N) is 1. The number of carbonyl (C=O) groups excluding carboxylic acids is 3. The summed E-state index contributed by atoms with van der Waals surface area (Å²) in [6, 6.07) is 9.46. The second-order valence-corrected chi connectivity index (χ2v) is 9.70. The minimum atomic E-state index is -0.369. The van der Waals surface area contributed by atoms with Crippen molar-refractivity contribution >= 4 is 17.8 Å². The highest BCUT2D eigenvalue weighted by Gasteiger charge is 2.40. The molecular weight excluding hydrogens is 462 g/mol. The van der Waals surface area contributed by atoms with Crippen LogP contribution in [-0.4, -0.2) is 50.0 Å². The van der Waals surface area contributed by atoms with Crippen LogP contribution < -0.4 is 5.32 Å². The van der Waals surface area contributed by atoms with Gasteiger partial charge in [0.2, 0.25) is 5.91 Å². The summed E-state index contributed by atoms with van der Waals surface area (Å²) in [4.78, 5) is 34.9. The molecule has 1 aliphatic rings. The van der Waals surface area contributed by atoms with Gasteiger partial charge in [0.25, 0.3) is 0 Å². The lowest BCUT2D eigenvalue weighted by atomic mass is 9.79. The molecule has 1 aliphatic heterocycles. The fraction of sp³-hybridized carbons (Fsp3) is 0.679. The third-order valence-electron chi connectivity index (χ3n) is 6.91. The van der Waals surface area contributed by atoms with E-state index in [1.54, 1.807) is 0 Å². The fourth-order valence-electron chi connectivity index (χ4n) is 4.19. The third-order valence-corrected chi connectivity index (χ3v) is 6.91. The van der Waals surface area contributed by atoms with Gasteiger partial charge in [-0.15, -0.1) is 0 Å². The Morgan fingerprint density at radius 2 is 1.61 bits per heavy atom. The number of carbonyl (C=O) groups is 3. The number of esters is 2. The van der Waals surface area contributed by atoms with E-state index in [-0.39, 0.29) is 68.1 Å². The lowest BCUT2D eigenvalue weighted by Gasteiger charge is -2.43. The lowest BCUT2D eigenvalue weighted by Crippen LogP contribution is -2.47. The van der Waals surface area contributed by atoms with Gasteiger partial charge in [-0.1, -0.05) is 63.9 Å². The molecule has 1 fully saturated rings. The average Bonchev–Trinajstić information content (AvgIpc) is 2.87. The number of ether oxygens (including phenoxy) is 4. The molecule has 1 heterocycles. The second kappa shape index (κ2) is 16.3. The van der Waals surface area contributed by atoms with Crippen LogP contribution in [0, 0.1) is 17.8 Å². The molecule has 2 unspecified atom stereocenters. The van der Waals surface area contributed by atoms with Gasteiger partial charge in [0.05, 0.1) is 12.5 Å². The van der Waals surface area contributed by atoms with E-state index >= 15 is 0 Å². The summed E-state index contributed by atoms with van der Waals surface area (Å²) in [5.41, 5.74) is 0.925. The SMILES string of the molecule is CC(=O)OCC1O[C@@H](OCCCCCCNC(=O)CCC(=O)OCc2ccccc2)C(C)[C@@H](C)[C@H]1C. The average molecular weight is 506 g/mol. The number of amides is 1. The minimum absolute atomic E-state index is 0.0802. The Morgan fingerprint density at radius 1 is 0.889 bits per heavy atom. The Morgan fingerprint density at radius 3 is 2.33 bits per heavy atom. The van der Waals surface area contributed by atoms with Crippen LogP contribution in [0.2, 0.25) is 0 Å². The van der Waals surface area contributed by atoms with Crippen molar-refractivity contribution in [3.05, 3.63) is 35.9 Å². The molecule has 0 spiro atoms. The number of unbranched alkanes of at least 4 members (excludes halogenated alkanes) is 3. The Bertz CT molecular complexity index is 800. The van der Waals surface area contributed by atoms with E-state index in [9.17, 15) is 14.4 Å². The van der Waals surface area contributed by atoms with Gasteiger partial charge in [-0.25, -0.2) is 0 Å². The van der Waals surface area contributed by atoms with E-state index in [4.69, 9.17) is 18.9 Å². The largest absolute Gasteiger partial charge is 0.463 e. The zero-order valence-corrected chi connectivity index (χ0v) is 22.2. The summed E-state index contributed by atoms with van der Waals surface area (Å²) >= 11 is 0. The van der Waals surface area contributed by atoms with E-state index in [1.807, 2.05) is 30.3 Å². The molecule has 36 heavy (non-hydrogen) atoms. The molecule has 0 aliphatic carbocycles. The molecule has 8 heteroatoms. The normalized spacial score (nSPS) is 23.6. The standard InChI is InChI=1S/C28H43NO7/c1-20-21(2)25(19-34-23(4)30)36-28(22(20)3)33-17-11-6-5-10-16-29-26(31)14-15-27(32)35-18-24-12-8-7-9-13-24/h7-9,12-13,20-22,25,28H,5-6,10-11,14-19H2,1-4H3,(H,29,31)/t20-,21+,22?,25?,28+/m0/s1. The Hall–Kier alpha value is -2.45. The maximum Gasteiger partial charge on any atom is 0.306 e. The van der Waals surface area contributed by atoms with Crippen molar-refractivity contribution in [1.29, 1.82) is 0 Å². The van der Waals surface area contributed by atoms with Crippen molar-refractivity contribution in [1.82, 2.24) is 5.32 Å². The van der Waals surface area contributed by atoms with Crippen molar-refractivity contribution in [3.8, 4) is 0 Å². The van der Waals surface area contributed by atoms with Crippen LogP contribution in [0.1, 0.15) is 71.8 Å². The summed E-state index contributed by atoms with van der Waals surface area (Å²) in [6.45, 7) is 9.54. The predicted molar refractivity (Wildman–Crippen MR) is 136 cm³/mol. The van der Waals surface area contributed by atoms with Crippen molar-refractivity contribution in [3.63, 3.8) is 0 Å². The molecule has 1 aromatic carbocycles. The molecule has 202 valence electrons. The number of rotatable bonds is 15. The molecule has 0 saturated carbocycles. The second-order valence-electron chi connectivity index (χ2n) is 9.70. The molecule has 0 radical (unpaired) electrons. The van der Waals surface area contributed by atoms with Crippen LogP contribution in [0.3, 0.4) is 0 Å². The van der Waals surface area contributed by atoms with Gasteiger partial charge >= 0.3 is 11.9 Å². The monoisotopic (exact) mass is 505 g/mol. The molecule has 1 saturated heterocycles. The maximum atomic E-state index is 11.9. The molecule has 1 N–H and O–H groups in total. The first-order chi connectivity index (χ1) is 17.3. The van der Waals surface area contributed by atoms with Gasteiger partial charge in [-0.3, -0.25) is 14.4 Å². The Kier molecular flexibility index (Phi) is 13.5. The van der Waals surface area contributed by atoms with Crippen molar-refractivity contribution in [2.45, 2.75) is 85.2 Å². The van der Waals surface area contributed by atoms with Crippen LogP contribution in [0.25, 0.3) is 0 Å². The molecule has 1 aromatic rings. The first-order valence-electron chi connectivity index (χ1n) is 13.1. The van der Waals surface area contributed by atoms with Crippen molar-refractivity contribution < 1.29 is 33.3 Å². The molecule has 0 bridgehead atoms. The number of hydrogen-bond acceptors (Lipinski definition) is 7. The summed E-state index contributed by atoms with van der Waals surface area (Å²) in [6.07, 6.45) is 3.52. The highest BCUT2D eigenvalue weighted by atomic mass is 16.7. The summed E-state index contributed by atoms with van der Waals surface area (Å²) in [7, 11) is 0. The molecule has 1 amide bonds. The highest BCUT2D eigenvalue weighted by Crippen LogP contribution is 2.35. The smallest absolute Gasteiger partial charge is 0.306 e. The fourth-order valence-corrected chi connectivity index (χ4v) is 4.19. The van der Waals surface area contributed by atoms with Gasteiger partial charge in [-0.05, 0) is 30.2 Å². The number of hydrogen-bond donors (Lipinski definition) is 1. The van der Waals surface area contributed by atoms with Gasteiger partial charge in [0.15, 0.2) is 6.29 Å². The summed E-state index contributed by atoms with van der Waals surface area (Å²) in [5.74, 6) is 0.149. The van der Waals surface area contributed by atoms with E-state index in [2.05, 4.69) is 26.1 Å². The zero-order chi connectivity index (χ0) is 26.3. The molecule has 5 atom stereocenters. The minimum Gasteiger partial charge on any atom is -0.463 e. The molecular formula is C28H43NO7. The van der Waals surface area contributed by atoms with Crippen LogP contribution in [-0.2, 0) is 39.9 Å². The van der Waals surface area contributed by atoms with Crippen LogP contribution in [0.5, 0.6) is 0 Å². The Labute approximate surface area is 215 Å². The maximum absolute atomic E-state index is 11.9. The van der Waals surface area contributed by atoms with E-state index in [0.717, 1.165) is 31.2 Å². The van der Waals surface area contributed by atoms with Crippen molar-refractivity contribution in [2.24, 2.45) is 17.8 Å². The highest BCUT2D eigenvalue weighted by molar-refractivity contribution is 5.81. The van der Waals surface area contributed by atoms with Gasteiger partial charge in [0.1, 0.15) is 13.2 Å².